The second-order valence-corrected chi connectivity index (χ2v) is 14.5. The molecule has 0 N–H and O–H groups in total. The van der Waals surface area contributed by atoms with E-state index in [1.54, 1.807) is 29.0 Å². The third kappa shape index (κ3) is 10.3. The second kappa shape index (κ2) is 17.9. The van der Waals surface area contributed by atoms with Crippen LogP contribution in [0, 0.1) is 6.92 Å². The number of benzene rings is 5. The summed E-state index contributed by atoms with van der Waals surface area (Å²) in [5, 5.41) is 0. The predicted molar refractivity (Wildman–Crippen MR) is 206 cm³/mol. The second-order valence-electron chi connectivity index (χ2n) is 13.3. The molecule has 5 aromatic carbocycles. The fourth-order valence-electron chi connectivity index (χ4n) is 6.50. The number of ether oxygens (including phenoxy) is 2. The number of aryl methyl sites for hydroxylation is 1. The molecule has 0 aliphatic heterocycles. The fourth-order valence-corrected chi connectivity index (χ4v) is 7.41. The number of carbonyl (C=O) groups excluding carboxylic acids is 2. The monoisotopic (exact) mass is 698 g/mol. The zero-order valence-electron chi connectivity index (χ0n) is 29.5. The summed E-state index contributed by atoms with van der Waals surface area (Å²) < 4.78 is 14.0. The lowest BCUT2D eigenvalue weighted by Gasteiger charge is -2.27. The smallest absolute Gasteiger partial charge is 0.342 e. The minimum atomic E-state index is -0.487. The third-order valence-electron chi connectivity index (χ3n) is 9.25. The highest BCUT2D eigenvalue weighted by Gasteiger charge is 2.23. The number of nitrogens with zero attached hydrogens (tertiary/aromatic N) is 2. The molecule has 6 nitrogen and oxygen atoms in total. The van der Waals surface area contributed by atoms with Gasteiger partial charge in [-0.3, -0.25) is 4.79 Å². The van der Waals surface area contributed by atoms with Crippen molar-refractivity contribution in [2.45, 2.75) is 69.6 Å². The van der Waals surface area contributed by atoms with Gasteiger partial charge in [-0.25, -0.2) is 9.10 Å². The average Bonchev–Trinajstić information content (AvgIpc) is 3.16. The van der Waals surface area contributed by atoms with Crippen molar-refractivity contribution >= 4 is 29.5 Å². The highest BCUT2D eigenvalue weighted by molar-refractivity contribution is 7.97. The van der Waals surface area contributed by atoms with Crippen LogP contribution in [0.2, 0.25) is 0 Å². The Morgan fingerprint density at radius 1 is 0.725 bits per heavy atom. The van der Waals surface area contributed by atoms with E-state index < -0.39 is 5.97 Å². The molecule has 0 saturated heterocycles. The molecule has 1 aliphatic rings. The van der Waals surface area contributed by atoms with E-state index in [1.807, 2.05) is 84.1 Å². The van der Waals surface area contributed by atoms with Crippen molar-refractivity contribution in [1.29, 1.82) is 0 Å². The minimum absolute atomic E-state index is 0.0672. The largest absolute Gasteiger partial charge is 0.488 e. The standard InChI is InChI=1S/C44H46N2O4S/c1-33-13-12-20-40(27-33)51-45(2)30-43(47)46(29-34-21-23-38(24-22-34)37-18-10-5-11-19-37)39-25-26-41(44(48)50-32-36-16-8-4-9-17-36)42(28-39)49-31-35-14-6-3-7-15-35/h3-4,6-9,12-17,20-28,37H,5,10-11,18-19,29-32H2,1-2H3. The zero-order valence-corrected chi connectivity index (χ0v) is 30.3. The highest BCUT2D eigenvalue weighted by atomic mass is 32.2. The molecule has 0 unspecified atom stereocenters. The maximum Gasteiger partial charge on any atom is 0.342 e. The summed E-state index contributed by atoms with van der Waals surface area (Å²) >= 11 is 1.54. The van der Waals surface area contributed by atoms with E-state index in [1.165, 1.54) is 43.2 Å². The Hall–Kier alpha value is -4.85. The van der Waals surface area contributed by atoms with Gasteiger partial charge in [0.1, 0.15) is 24.5 Å². The third-order valence-corrected chi connectivity index (χ3v) is 10.2. The van der Waals surface area contributed by atoms with Gasteiger partial charge in [0.25, 0.3) is 0 Å². The topological polar surface area (TPSA) is 59.1 Å². The summed E-state index contributed by atoms with van der Waals surface area (Å²) in [6.45, 7) is 3.03. The lowest BCUT2D eigenvalue weighted by atomic mass is 9.84. The predicted octanol–water partition coefficient (Wildman–Crippen LogP) is 10.2. The number of hydrogen-bond donors (Lipinski definition) is 0. The Morgan fingerprint density at radius 3 is 2.10 bits per heavy atom. The molecule has 7 heteroatoms. The lowest BCUT2D eigenvalue weighted by Crippen LogP contribution is -2.37. The van der Waals surface area contributed by atoms with Crippen LogP contribution >= 0.6 is 11.9 Å². The van der Waals surface area contributed by atoms with Crippen molar-refractivity contribution < 1.29 is 19.1 Å². The van der Waals surface area contributed by atoms with Crippen LogP contribution in [0.4, 0.5) is 5.69 Å². The van der Waals surface area contributed by atoms with Crippen LogP contribution in [0.25, 0.3) is 0 Å². The average molecular weight is 699 g/mol. The van der Waals surface area contributed by atoms with Crippen molar-refractivity contribution in [3.8, 4) is 5.75 Å². The molecule has 0 aromatic heterocycles. The molecule has 0 bridgehead atoms. The summed E-state index contributed by atoms with van der Waals surface area (Å²) in [6, 6.07) is 41.8. The van der Waals surface area contributed by atoms with E-state index in [2.05, 4.69) is 49.4 Å². The molecular formula is C44H46N2O4S. The molecule has 0 heterocycles. The lowest BCUT2D eigenvalue weighted by molar-refractivity contribution is -0.118. The molecule has 0 spiro atoms. The molecule has 1 amide bonds. The molecular weight excluding hydrogens is 653 g/mol. The van der Waals surface area contributed by atoms with Crippen molar-refractivity contribution in [3.63, 3.8) is 0 Å². The first kappa shape index (κ1) is 36.0. The van der Waals surface area contributed by atoms with Crippen molar-refractivity contribution in [2.75, 3.05) is 18.5 Å². The van der Waals surface area contributed by atoms with Crippen molar-refractivity contribution in [3.05, 3.63) is 161 Å². The Bertz CT molecular complexity index is 1880. The molecule has 0 atom stereocenters. The Balaban J connectivity index is 1.28. The summed E-state index contributed by atoms with van der Waals surface area (Å²) in [5.74, 6) is 0.417. The van der Waals surface area contributed by atoms with Crippen molar-refractivity contribution in [2.24, 2.45) is 0 Å². The van der Waals surface area contributed by atoms with Gasteiger partial charge in [-0.15, -0.1) is 0 Å². The maximum absolute atomic E-state index is 14.2. The number of amides is 1. The zero-order chi connectivity index (χ0) is 35.4. The molecule has 5 aromatic rings. The number of hydrogen-bond acceptors (Lipinski definition) is 6. The minimum Gasteiger partial charge on any atom is -0.488 e. The quantitative estimate of drug-likeness (QED) is 0.0850. The van der Waals surface area contributed by atoms with Crippen LogP contribution in [0.3, 0.4) is 0 Å². The van der Waals surface area contributed by atoms with Gasteiger partial charge in [-0.1, -0.05) is 116 Å². The van der Waals surface area contributed by atoms with E-state index in [9.17, 15) is 9.59 Å². The van der Waals surface area contributed by atoms with E-state index >= 15 is 0 Å². The number of carbonyl (C=O) groups is 2. The summed E-state index contributed by atoms with van der Waals surface area (Å²) in [5.41, 5.74) is 6.40. The van der Waals surface area contributed by atoms with Gasteiger partial charge in [0.15, 0.2) is 0 Å². The number of rotatable bonds is 14. The number of likely N-dealkylation sites (N-methyl/N-ethyl adjacent to an activating group) is 1. The van der Waals surface area contributed by atoms with E-state index in [-0.39, 0.29) is 25.7 Å². The van der Waals surface area contributed by atoms with Gasteiger partial charge >= 0.3 is 5.97 Å². The van der Waals surface area contributed by atoms with Crippen LogP contribution in [0.5, 0.6) is 5.75 Å². The fraction of sp³-hybridized carbons (Fsp3) is 0.273. The Labute approximate surface area is 306 Å². The van der Waals surface area contributed by atoms with Gasteiger partial charge in [0.05, 0.1) is 13.1 Å². The van der Waals surface area contributed by atoms with Crippen LogP contribution in [-0.2, 0) is 29.3 Å². The van der Waals surface area contributed by atoms with Gasteiger partial charge in [-0.2, -0.15) is 0 Å². The normalized spacial score (nSPS) is 13.2. The van der Waals surface area contributed by atoms with Crippen molar-refractivity contribution in [1.82, 2.24) is 4.31 Å². The van der Waals surface area contributed by atoms with Gasteiger partial charge in [0, 0.05) is 16.6 Å². The van der Waals surface area contributed by atoms with Crippen LogP contribution < -0.4 is 9.64 Å². The molecule has 1 fully saturated rings. The Kier molecular flexibility index (Phi) is 12.6. The SMILES string of the molecule is Cc1cccc(SN(C)CC(=O)N(Cc2ccc(C3CCCCC3)cc2)c2ccc(C(=O)OCc3ccccc3)c(OCc3ccccc3)c2)c1. The van der Waals surface area contributed by atoms with Crippen LogP contribution in [0.1, 0.15) is 76.2 Å². The Morgan fingerprint density at radius 2 is 1.41 bits per heavy atom. The van der Waals surface area contributed by atoms with Gasteiger partial charge < -0.3 is 14.4 Å². The van der Waals surface area contributed by atoms with E-state index in [0.717, 1.165) is 21.6 Å². The summed E-state index contributed by atoms with van der Waals surface area (Å²) in [4.78, 5) is 30.6. The summed E-state index contributed by atoms with van der Waals surface area (Å²) in [7, 11) is 1.93. The molecule has 6 rings (SSSR count). The molecule has 1 saturated carbocycles. The maximum atomic E-state index is 14.2. The molecule has 51 heavy (non-hydrogen) atoms. The van der Waals surface area contributed by atoms with Crippen LogP contribution in [-0.4, -0.2) is 29.8 Å². The first-order valence-electron chi connectivity index (χ1n) is 17.8. The highest BCUT2D eigenvalue weighted by Crippen LogP contribution is 2.34. The van der Waals surface area contributed by atoms with Crippen LogP contribution in [0.15, 0.2) is 132 Å². The van der Waals surface area contributed by atoms with Gasteiger partial charge in [-0.05, 0) is 96.8 Å². The molecule has 1 aliphatic carbocycles. The first-order chi connectivity index (χ1) is 24.9. The first-order valence-corrected chi connectivity index (χ1v) is 18.6. The van der Waals surface area contributed by atoms with E-state index in [4.69, 9.17) is 9.47 Å². The molecule has 262 valence electrons. The van der Waals surface area contributed by atoms with Gasteiger partial charge in [0.2, 0.25) is 5.91 Å². The molecule has 0 radical (unpaired) electrons. The number of anilines is 1. The number of esters is 1. The van der Waals surface area contributed by atoms with E-state index in [0.29, 0.717) is 29.5 Å². The summed E-state index contributed by atoms with van der Waals surface area (Å²) in [6.07, 6.45) is 6.37.